The lowest BCUT2D eigenvalue weighted by molar-refractivity contribution is 0.288. The highest BCUT2D eigenvalue weighted by atomic mass is 127. The van der Waals surface area contributed by atoms with E-state index >= 15 is 0 Å². The zero-order valence-corrected chi connectivity index (χ0v) is 20.4. The van der Waals surface area contributed by atoms with Crippen LogP contribution in [0.25, 0.3) is 0 Å². The molecule has 1 unspecified atom stereocenters. The van der Waals surface area contributed by atoms with Gasteiger partial charge in [-0.15, -0.1) is 24.0 Å². The number of hydrogen-bond acceptors (Lipinski definition) is 4. The molecule has 8 heteroatoms. The Bertz CT molecular complexity index is 831. The summed E-state index contributed by atoms with van der Waals surface area (Å²) in [7, 11) is 3.78. The lowest BCUT2D eigenvalue weighted by Gasteiger charge is -2.18. The van der Waals surface area contributed by atoms with Crippen molar-refractivity contribution >= 4 is 29.9 Å². The van der Waals surface area contributed by atoms with Gasteiger partial charge in [0.1, 0.15) is 0 Å². The topological polar surface area (TPSA) is 76.4 Å². The first kappa shape index (κ1) is 23.4. The first-order chi connectivity index (χ1) is 13.5. The summed E-state index contributed by atoms with van der Waals surface area (Å²) in [5, 5.41) is 11.3. The van der Waals surface area contributed by atoms with Crippen molar-refractivity contribution in [3.8, 4) is 5.88 Å². The highest BCUT2D eigenvalue weighted by Gasteiger charge is 2.22. The van der Waals surface area contributed by atoms with Gasteiger partial charge in [0, 0.05) is 44.6 Å². The largest absolute Gasteiger partial charge is 0.477 e. The number of aryl methyl sites for hydroxylation is 2. The molecule has 2 heterocycles. The predicted molar refractivity (Wildman–Crippen MR) is 127 cm³/mol. The van der Waals surface area contributed by atoms with Gasteiger partial charge in [0.25, 0.3) is 0 Å². The third kappa shape index (κ3) is 6.87. The maximum atomic E-state index is 5.77. The summed E-state index contributed by atoms with van der Waals surface area (Å²) in [6, 6.07) is 4.23. The van der Waals surface area contributed by atoms with E-state index in [4.69, 9.17) is 4.74 Å². The van der Waals surface area contributed by atoms with Crippen LogP contribution in [-0.2, 0) is 20.0 Å². The lowest BCUT2D eigenvalue weighted by Crippen LogP contribution is -2.42. The zero-order valence-electron chi connectivity index (χ0n) is 18.0. The molecule has 160 valence electrons. The second-order valence-corrected chi connectivity index (χ2v) is 7.70. The van der Waals surface area contributed by atoms with E-state index in [1.54, 1.807) is 13.2 Å². The van der Waals surface area contributed by atoms with Crippen molar-refractivity contribution in [2.24, 2.45) is 18.0 Å². The molecule has 2 aromatic rings. The number of guanidine groups is 1. The molecule has 0 amide bonds. The van der Waals surface area contributed by atoms with Gasteiger partial charge in [-0.05, 0) is 63.1 Å². The Hall–Kier alpha value is -1.84. The molecule has 2 N–H and O–H groups in total. The number of hydrogen-bond donors (Lipinski definition) is 2. The average molecular weight is 512 g/mol. The fourth-order valence-electron chi connectivity index (χ4n) is 3.21. The standard InChI is InChI=1S/C21H32N6O.HI/c1-14(10-19-15(2)26-27(5)16(19)3)25-21(22-4)24-12-18-8-9-23-20(11-18)28-13-17-6-7-17;/h8-9,11,14,17H,6-7,10,12-13H2,1-5H3,(H2,22,24,25);1H. The number of nitrogens with zero attached hydrogens (tertiary/aromatic N) is 4. The Morgan fingerprint density at radius 1 is 1.38 bits per heavy atom. The summed E-state index contributed by atoms with van der Waals surface area (Å²) < 4.78 is 7.71. The number of nitrogens with one attached hydrogen (secondary N) is 2. The first-order valence-electron chi connectivity index (χ1n) is 10.00. The van der Waals surface area contributed by atoms with Gasteiger partial charge in [-0.2, -0.15) is 5.10 Å². The van der Waals surface area contributed by atoms with Crippen molar-refractivity contribution in [1.82, 2.24) is 25.4 Å². The number of rotatable bonds is 8. The molecule has 0 spiro atoms. The van der Waals surface area contributed by atoms with Crippen LogP contribution in [0.3, 0.4) is 0 Å². The van der Waals surface area contributed by atoms with Gasteiger partial charge < -0.3 is 15.4 Å². The minimum atomic E-state index is 0. The lowest BCUT2D eigenvalue weighted by atomic mass is 10.1. The van der Waals surface area contributed by atoms with Gasteiger partial charge in [-0.3, -0.25) is 9.67 Å². The van der Waals surface area contributed by atoms with Crippen molar-refractivity contribution < 1.29 is 4.74 Å². The average Bonchev–Trinajstić information content (AvgIpc) is 3.48. The minimum Gasteiger partial charge on any atom is -0.477 e. The second-order valence-electron chi connectivity index (χ2n) is 7.70. The van der Waals surface area contributed by atoms with Crippen molar-refractivity contribution in [1.29, 1.82) is 0 Å². The van der Waals surface area contributed by atoms with Crippen LogP contribution < -0.4 is 15.4 Å². The van der Waals surface area contributed by atoms with Crippen molar-refractivity contribution in [3.05, 3.63) is 40.8 Å². The Labute approximate surface area is 190 Å². The van der Waals surface area contributed by atoms with Gasteiger partial charge in [-0.25, -0.2) is 4.98 Å². The van der Waals surface area contributed by atoms with E-state index < -0.39 is 0 Å². The first-order valence-corrected chi connectivity index (χ1v) is 10.00. The van der Waals surface area contributed by atoms with Crippen molar-refractivity contribution in [3.63, 3.8) is 0 Å². The van der Waals surface area contributed by atoms with Crippen LogP contribution in [0.1, 0.15) is 42.3 Å². The molecule has 1 atom stereocenters. The smallest absolute Gasteiger partial charge is 0.213 e. The van der Waals surface area contributed by atoms with Crippen LogP contribution >= 0.6 is 24.0 Å². The number of pyridine rings is 1. The predicted octanol–water partition coefficient (Wildman–Crippen LogP) is 3.13. The molecule has 29 heavy (non-hydrogen) atoms. The van der Waals surface area contributed by atoms with Crippen molar-refractivity contribution in [2.45, 2.75) is 52.6 Å². The van der Waals surface area contributed by atoms with Crippen LogP contribution in [0.4, 0.5) is 0 Å². The van der Waals surface area contributed by atoms with Gasteiger partial charge in [-0.1, -0.05) is 0 Å². The summed E-state index contributed by atoms with van der Waals surface area (Å²) in [5.41, 5.74) is 4.72. The molecule has 0 aromatic carbocycles. The molecule has 0 radical (unpaired) electrons. The van der Waals surface area contributed by atoms with Crippen molar-refractivity contribution in [2.75, 3.05) is 13.7 Å². The van der Waals surface area contributed by atoms with Crippen LogP contribution in [0.2, 0.25) is 0 Å². The Balaban J connectivity index is 0.00000300. The number of halogens is 1. The van der Waals surface area contributed by atoms with Crippen LogP contribution in [0.15, 0.2) is 23.3 Å². The number of aromatic nitrogens is 3. The molecule has 1 aliphatic rings. The summed E-state index contributed by atoms with van der Waals surface area (Å²) in [5.74, 6) is 2.20. The summed E-state index contributed by atoms with van der Waals surface area (Å²) in [4.78, 5) is 8.65. The Kier molecular flexibility index (Phi) is 8.73. The molecular weight excluding hydrogens is 479 g/mol. The van der Waals surface area contributed by atoms with Gasteiger partial charge >= 0.3 is 0 Å². The van der Waals surface area contributed by atoms with Crippen LogP contribution in [0.5, 0.6) is 5.88 Å². The van der Waals surface area contributed by atoms with E-state index in [9.17, 15) is 0 Å². The number of aliphatic imine (C=N–C) groups is 1. The van der Waals surface area contributed by atoms with Crippen LogP contribution in [-0.4, -0.2) is 40.4 Å². The summed E-state index contributed by atoms with van der Waals surface area (Å²) in [6.07, 6.45) is 5.26. The molecule has 1 aliphatic carbocycles. The maximum Gasteiger partial charge on any atom is 0.213 e. The Morgan fingerprint density at radius 3 is 2.76 bits per heavy atom. The van der Waals surface area contributed by atoms with Gasteiger partial charge in [0.05, 0.1) is 12.3 Å². The molecule has 1 saturated carbocycles. The van der Waals surface area contributed by atoms with Crippen LogP contribution in [0, 0.1) is 19.8 Å². The molecule has 3 rings (SSSR count). The van der Waals surface area contributed by atoms with E-state index in [1.807, 2.05) is 23.9 Å². The molecule has 1 fully saturated rings. The SMILES string of the molecule is CN=C(NCc1ccnc(OCC2CC2)c1)NC(C)Cc1c(C)nn(C)c1C.I. The maximum absolute atomic E-state index is 5.77. The van der Waals surface area contributed by atoms with E-state index in [2.05, 4.69) is 46.5 Å². The highest BCUT2D eigenvalue weighted by molar-refractivity contribution is 14.0. The normalized spacial score (nSPS) is 14.9. The molecule has 7 nitrogen and oxygen atoms in total. The molecular formula is C21H33IN6O. The highest BCUT2D eigenvalue weighted by Crippen LogP contribution is 2.29. The molecule has 0 saturated heterocycles. The fraction of sp³-hybridized carbons (Fsp3) is 0.571. The van der Waals surface area contributed by atoms with E-state index in [0.29, 0.717) is 12.4 Å². The zero-order chi connectivity index (χ0) is 20.1. The fourth-order valence-corrected chi connectivity index (χ4v) is 3.21. The van der Waals surface area contributed by atoms with Gasteiger partial charge in [0.2, 0.25) is 5.88 Å². The van der Waals surface area contributed by atoms with E-state index in [-0.39, 0.29) is 30.0 Å². The third-order valence-corrected chi connectivity index (χ3v) is 5.20. The number of ether oxygens (including phenoxy) is 1. The van der Waals surface area contributed by atoms with E-state index in [1.165, 1.54) is 24.1 Å². The molecule has 0 aliphatic heterocycles. The minimum absolute atomic E-state index is 0. The third-order valence-electron chi connectivity index (χ3n) is 5.20. The summed E-state index contributed by atoms with van der Waals surface area (Å²) >= 11 is 0. The monoisotopic (exact) mass is 512 g/mol. The molecule has 2 aromatic heterocycles. The second kappa shape index (κ2) is 10.8. The summed E-state index contributed by atoms with van der Waals surface area (Å²) in [6.45, 7) is 7.78. The van der Waals surface area contributed by atoms with E-state index in [0.717, 1.165) is 36.2 Å². The van der Waals surface area contributed by atoms with Gasteiger partial charge in [0.15, 0.2) is 5.96 Å². The quantitative estimate of drug-likeness (QED) is 0.323. The molecule has 0 bridgehead atoms. The Morgan fingerprint density at radius 2 is 2.14 bits per heavy atom.